The van der Waals surface area contributed by atoms with Crippen molar-refractivity contribution in [1.29, 1.82) is 0 Å². The Balaban J connectivity index is 2.29. The zero-order chi connectivity index (χ0) is 15.5. The Labute approximate surface area is 120 Å². The molecule has 3 nitrogen and oxygen atoms in total. The highest BCUT2D eigenvalue weighted by Crippen LogP contribution is 2.22. The minimum Gasteiger partial charge on any atom is -0.207 e. The standard InChI is InChI=1S/C14H12F3NO2S/c15-14(16,17)10-18-21(19,20)13-8-4-7-12(9-13)11-5-2-1-3-6-11/h1-9,18H,10H2. The Morgan fingerprint density at radius 1 is 0.905 bits per heavy atom. The van der Waals surface area contributed by atoms with Crippen LogP contribution in [0.5, 0.6) is 0 Å². The second-order valence-corrected chi connectivity index (χ2v) is 6.10. The zero-order valence-corrected chi connectivity index (χ0v) is 11.6. The van der Waals surface area contributed by atoms with Gasteiger partial charge in [-0.25, -0.2) is 13.1 Å². The van der Waals surface area contributed by atoms with Crippen LogP contribution in [0, 0.1) is 0 Å². The van der Waals surface area contributed by atoms with Crippen LogP contribution in [0.25, 0.3) is 11.1 Å². The number of benzene rings is 2. The van der Waals surface area contributed by atoms with E-state index in [1.165, 1.54) is 18.2 Å². The summed E-state index contributed by atoms with van der Waals surface area (Å²) in [5.74, 6) is 0. The number of hydrogen-bond acceptors (Lipinski definition) is 2. The summed E-state index contributed by atoms with van der Waals surface area (Å²) in [5, 5.41) is 0. The lowest BCUT2D eigenvalue weighted by molar-refractivity contribution is -0.121. The van der Waals surface area contributed by atoms with Crippen LogP contribution in [0.3, 0.4) is 0 Å². The van der Waals surface area contributed by atoms with E-state index in [-0.39, 0.29) is 4.90 Å². The van der Waals surface area contributed by atoms with Crippen molar-refractivity contribution >= 4 is 10.0 Å². The lowest BCUT2D eigenvalue weighted by Gasteiger charge is -2.10. The largest absolute Gasteiger partial charge is 0.402 e. The minimum absolute atomic E-state index is 0.201. The van der Waals surface area contributed by atoms with Gasteiger partial charge in [0.1, 0.15) is 6.54 Å². The van der Waals surface area contributed by atoms with Gasteiger partial charge < -0.3 is 0 Å². The smallest absolute Gasteiger partial charge is 0.207 e. The van der Waals surface area contributed by atoms with Crippen LogP contribution in [-0.4, -0.2) is 21.1 Å². The van der Waals surface area contributed by atoms with Gasteiger partial charge >= 0.3 is 6.18 Å². The molecule has 0 aliphatic carbocycles. The third-order valence-electron chi connectivity index (χ3n) is 2.71. The summed E-state index contributed by atoms with van der Waals surface area (Å²) in [6.45, 7) is -1.59. The Kier molecular flexibility index (Phi) is 4.34. The fraction of sp³-hybridized carbons (Fsp3) is 0.143. The molecule has 1 N–H and O–H groups in total. The molecular weight excluding hydrogens is 303 g/mol. The predicted octanol–water partition coefficient (Wildman–Crippen LogP) is 3.19. The van der Waals surface area contributed by atoms with Crippen molar-refractivity contribution in [3.63, 3.8) is 0 Å². The SMILES string of the molecule is O=S(=O)(NCC(F)(F)F)c1cccc(-c2ccccc2)c1. The lowest BCUT2D eigenvalue weighted by atomic mass is 10.1. The van der Waals surface area contributed by atoms with E-state index in [0.29, 0.717) is 5.56 Å². The molecule has 112 valence electrons. The van der Waals surface area contributed by atoms with Crippen LogP contribution >= 0.6 is 0 Å². The van der Waals surface area contributed by atoms with E-state index >= 15 is 0 Å². The first-order chi connectivity index (χ1) is 9.78. The van der Waals surface area contributed by atoms with Crippen LogP contribution in [0.4, 0.5) is 13.2 Å². The van der Waals surface area contributed by atoms with E-state index in [1.807, 2.05) is 6.07 Å². The van der Waals surface area contributed by atoms with Gasteiger partial charge in [-0.1, -0.05) is 42.5 Å². The van der Waals surface area contributed by atoms with E-state index in [4.69, 9.17) is 0 Å². The molecule has 2 rings (SSSR count). The molecule has 0 saturated heterocycles. The fourth-order valence-electron chi connectivity index (χ4n) is 1.73. The second kappa shape index (κ2) is 5.87. The molecule has 0 atom stereocenters. The second-order valence-electron chi connectivity index (χ2n) is 4.33. The van der Waals surface area contributed by atoms with Crippen LogP contribution in [0.1, 0.15) is 0 Å². The quantitative estimate of drug-likeness (QED) is 0.942. The highest BCUT2D eigenvalue weighted by molar-refractivity contribution is 7.89. The summed E-state index contributed by atoms with van der Waals surface area (Å²) < 4.78 is 61.6. The van der Waals surface area contributed by atoms with E-state index in [2.05, 4.69) is 0 Å². The fourth-order valence-corrected chi connectivity index (χ4v) is 2.79. The van der Waals surface area contributed by atoms with Gasteiger partial charge in [0, 0.05) is 0 Å². The van der Waals surface area contributed by atoms with E-state index < -0.39 is 22.7 Å². The number of sulfonamides is 1. The summed E-state index contributed by atoms with van der Waals surface area (Å²) in [4.78, 5) is -0.201. The maximum atomic E-state index is 12.1. The highest BCUT2D eigenvalue weighted by atomic mass is 32.2. The third kappa shape index (κ3) is 4.30. The van der Waals surface area contributed by atoms with Gasteiger partial charge in [0.25, 0.3) is 0 Å². The molecule has 0 radical (unpaired) electrons. The number of alkyl halides is 3. The summed E-state index contributed by atoms with van der Waals surface area (Å²) >= 11 is 0. The van der Waals surface area contributed by atoms with Crippen molar-refractivity contribution in [3.8, 4) is 11.1 Å². The van der Waals surface area contributed by atoms with Crippen molar-refractivity contribution in [3.05, 3.63) is 54.6 Å². The van der Waals surface area contributed by atoms with Gasteiger partial charge in [0.05, 0.1) is 4.90 Å². The average molecular weight is 315 g/mol. The number of rotatable bonds is 4. The molecule has 0 spiro atoms. The molecule has 0 aliphatic rings. The molecule has 0 bridgehead atoms. The molecule has 0 amide bonds. The van der Waals surface area contributed by atoms with Crippen molar-refractivity contribution in [2.24, 2.45) is 0 Å². The Hall–Kier alpha value is -1.86. The van der Waals surface area contributed by atoms with Crippen LogP contribution < -0.4 is 4.72 Å². The molecule has 0 fully saturated rings. The summed E-state index contributed by atoms with van der Waals surface area (Å²) in [6, 6.07) is 14.7. The normalized spacial score (nSPS) is 12.3. The summed E-state index contributed by atoms with van der Waals surface area (Å²) in [7, 11) is -4.19. The van der Waals surface area contributed by atoms with Gasteiger partial charge in [-0.2, -0.15) is 13.2 Å². The highest BCUT2D eigenvalue weighted by Gasteiger charge is 2.30. The van der Waals surface area contributed by atoms with Gasteiger partial charge in [0.2, 0.25) is 10.0 Å². The van der Waals surface area contributed by atoms with Crippen LogP contribution in [-0.2, 0) is 10.0 Å². The molecule has 2 aromatic rings. The zero-order valence-electron chi connectivity index (χ0n) is 10.8. The Bertz CT molecular complexity index is 712. The number of halogens is 3. The van der Waals surface area contributed by atoms with Gasteiger partial charge in [-0.3, -0.25) is 0 Å². The molecule has 0 aliphatic heterocycles. The van der Waals surface area contributed by atoms with Crippen molar-refractivity contribution in [2.75, 3.05) is 6.54 Å². The van der Waals surface area contributed by atoms with E-state index in [9.17, 15) is 21.6 Å². The third-order valence-corrected chi connectivity index (χ3v) is 4.11. The topological polar surface area (TPSA) is 46.2 Å². The first-order valence-electron chi connectivity index (χ1n) is 6.00. The predicted molar refractivity (Wildman–Crippen MR) is 73.1 cm³/mol. The van der Waals surface area contributed by atoms with Crippen molar-refractivity contribution in [1.82, 2.24) is 4.72 Å². The van der Waals surface area contributed by atoms with Crippen molar-refractivity contribution in [2.45, 2.75) is 11.1 Å². The lowest BCUT2D eigenvalue weighted by Crippen LogP contribution is -2.33. The number of nitrogens with one attached hydrogen (secondary N) is 1. The Morgan fingerprint density at radius 3 is 2.14 bits per heavy atom. The first kappa shape index (κ1) is 15.5. The molecule has 0 heterocycles. The maximum absolute atomic E-state index is 12.1. The first-order valence-corrected chi connectivity index (χ1v) is 7.48. The van der Waals surface area contributed by atoms with E-state index in [1.54, 1.807) is 35.1 Å². The number of hydrogen-bond donors (Lipinski definition) is 1. The van der Waals surface area contributed by atoms with Crippen LogP contribution in [0.15, 0.2) is 59.5 Å². The molecule has 7 heteroatoms. The molecule has 0 aromatic heterocycles. The molecular formula is C14H12F3NO2S. The summed E-state index contributed by atoms with van der Waals surface area (Å²) in [5.41, 5.74) is 1.40. The molecule has 2 aromatic carbocycles. The van der Waals surface area contributed by atoms with Crippen molar-refractivity contribution < 1.29 is 21.6 Å². The molecule has 0 unspecified atom stereocenters. The maximum Gasteiger partial charge on any atom is 0.402 e. The molecule has 21 heavy (non-hydrogen) atoms. The van der Waals surface area contributed by atoms with Gasteiger partial charge in [-0.05, 0) is 23.3 Å². The monoisotopic (exact) mass is 315 g/mol. The summed E-state index contributed by atoms with van der Waals surface area (Å²) in [6.07, 6.45) is -4.59. The minimum atomic E-state index is -4.59. The Morgan fingerprint density at radius 2 is 1.52 bits per heavy atom. The van der Waals surface area contributed by atoms with Crippen LogP contribution in [0.2, 0.25) is 0 Å². The van der Waals surface area contributed by atoms with E-state index in [0.717, 1.165) is 5.56 Å². The average Bonchev–Trinajstić information content (AvgIpc) is 2.46. The van der Waals surface area contributed by atoms with Gasteiger partial charge in [-0.15, -0.1) is 0 Å². The van der Waals surface area contributed by atoms with Gasteiger partial charge in [0.15, 0.2) is 0 Å². The molecule has 0 saturated carbocycles.